The van der Waals surface area contributed by atoms with Gasteiger partial charge in [-0.2, -0.15) is 0 Å². The lowest BCUT2D eigenvalue weighted by molar-refractivity contribution is 0.472. The number of para-hydroxylation sites is 1. The standard InChI is InChI=1S/C15H13N3O.C2H6.CH5OP/c1-10-7-12-13(8-14(10)19)16-9-17-15(12)18-11-5-3-2-4-6-11;1-2;1-2-3/h2-9,19H,1H3,(H,16,17,18);1-2H3;3H2,1H3. The Balaban J connectivity index is 0.000000521. The fourth-order valence-electron chi connectivity index (χ4n) is 1.96. The first-order valence-electron chi connectivity index (χ1n) is 7.65. The molecule has 3 rings (SSSR count). The van der Waals surface area contributed by atoms with Gasteiger partial charge in [0.05, 0.1) is 5.52 Å². The Hall–Kier alpha value is -2.23. The van der Waals surface area contributed by atoms with Gasteiger partial charge in [-0.15, -0.1) is 0 Å². The first-order valence-corrected chi connectivity index (χ1v) is 8.12. The molecule has 1 aromatic heterocycles. The molecule has 1 atom stereocenters. The molecular weight excluding hydrogens is 321 g/mol. The molecule has 0 saturated heterocycles. The van der Waals surface area contributed by atoms with E-state index >= 15 is 0 Å². The summed E-state index contributed by atoms with van der Waals surface area (Å²) in [6.07, 6.45) is 1.49. The van der Waals surface area contributed by atoms with Crippen LogP contribution < -0.4 is 5.32 Å². The van der Waals surface area contributed by atoms with E-state index in [0.717, 1.165) is 28.0 Å². The van der Waals surface area contributed by atoms with E-state index in [1.807, 2.05) is 57.2 Å². The van der Waals surface area contributed by atoms with Crippen LogP contribution in [0.15, 0.2) is 48.8 Å². The number of rotatable bonds is 2. The van der Waals surface area contributed by atoms with Crippen molar-refractivity contribution in [1.29, 1.82) is 0 Å². The molecule has 0 aliphatic heterocycles. The molecule has 6 heteroatoms. The third kappa shape index (κ3) is 5.44. The Labute approximate surface area is 145 Å². The number of benzene rings is 2. The summed E-state index contributed by atoms with van der Waals surface area (Å²) < 4.78 is 4.17. The summed E-state index contributed by atoms with van der Waals surface area (Å²) in [6.45, 7) is 5.86. The molecule has 0 radical (unpaired) electrons. The molecule has 1 unspecified atom stereocenters. The maximum Gasteiger partial charge on any atom is 0.141 e. The van der Waals surface area contributed by atoms with Crippen LogP contribution in [0.5, 0.6) is 5.75 Å². The Bertz CT molecular complexity index is 752. The summed E-state index contributed by atoms with van der Waals surface area (Å²) in [5.41, 5.74) is 2.49. The molecule has 0 aliphatic rings. The number of nitrogens with zero attached hydrogens (tertiary/aromatic N) is 2. The molecule has 128 valence electrons. The Morgan fingerprint density at radius 3 is 2.33 bits per heavy atom. The summed E-state index contributed by atoms with van der Waals surface area (Å²) in [7, 11) is 3.67. The molecule has 0 bridgehead atoms. The molecule has 0 spiro atoms. The van der Waals surface area contributed by atoms with Crippen molar-refractivity contribution in [2.45, 2.75) is 20.8 Å². The third-order valence-electron chi connectivity index (χ3n) is 2.99. The number of aryl methyl sites for hydroxylation is 1. The van der Waals surface area contributed by atoms with Crippen molar-refractivity contribution in [1.82, 2.24) is 9.97 Å². The van der Waals surface area contributed by atoms with Gasteiger partial charge in [-0.1, -0.05) is 32.0 Å². The molecule has 24 heavy (non-hydrogen) atoms. The molecule has 0 aliphatic carbocycles. The van der Waals surface area contributed by atoms with Gasteiger partial charge in [0.1, 0.15) is 17.9 Å². The SMILES string of the molecule is CC.COP.Cc1cc2c(Nc3ccccc3)ncnc2cc1O. The number of phenolic OH excluding ortho intramolecular Hbond substituents is 1. The van der Waals surface area contributed by atoms with Crippen LogP contribution >= 0.6 is 9.47 Å². The number of hydrogen-bond donors (Lipinski definition) is 2. The number of fused-ring (bicyclic) bond motifs is 1. The Kier molecular flexibility index (Phi) is 8.69. The maximum absolute atomic E-state index is 9.72. The number of phenols is 1. The zero-order valence-corrected chi connectivity index (χ0v) is 15.6. The second-order valence-electron chi connectivity index (χ2n) is 4.60. The summed E-state index contributed by atoms with van der Waals surface area (Å²) in [5, 5.41) is 13.9. The Morgan fingerprint density at radius 2 is 1.71 bits per heavy atom. The molecule has 1 heterocycles. The molecule has 0 saturated carbocycles. The van der Waals surface area contributed by atoms with Gasteiger partial charge in [-0.25, -0.2) is 9.97 Å². The molecule has 0 amide bonds. The zero-order valence-electron chi connectivity index (χ0n) is 14.4. The van der Waals surface area contributed by atoms with Crippen molar-refractivity contribution in [2.24, 2.45) is 0 Å². The highest BCUT2D eigenvalue weighted by Crippen LogP contribution is 2.28. The number of aromatic hydroxyl groups is 1. The van der Waals surface area contributed by atoms with Crippen molar-refractivity contribution in [3.05, 3.63) is 54.4 Å². The van der Waals surface area contributed by atoms with Crippen molar-refractivity contribution in [2.75, 3.05) is 12.4 Å². The van der Waals surface area contributed by atoms with Gasteiger partial charge in [0.2, 0.25) is 0 Å². The number of nitrogens with one attached hydrogen (secondary N) is 1. The van der Waals surface area contributed by atoms with E-state index in [2.05, 4.69) is 29.3 Å². The minimum atomic E-state index is 0.247. The summed E-state index contributed by atoms with van der Waals surface area (Å²) in [5.74, 6) is 0.983. The zero-order chi connectivity index (χ0) is 17.9. The van der Waals surface area contributed by atoms with Gasteiger partial charge < -0.3 is 14.9 Å². The molecule has 3 aromatic rings. The average Bonchev–Trinajstić information content (AvgIpc) is 2.60. The summed E-state index contributed by atoms with van der Waals surface area (Å²) in [6, 6.07) is 13.4. The highest BCUT2D eigenvalue weighted by atomic mass is 31.0. The van der Waals surface area contributed by atoms with E-state index < -0.39 is 0 Å². The van der Waals surface area contributed by atoms with E-state index in [1.54, 1.807) is 13.2 Å². The molecule has 2 aromatic carbocycles. The van der Waals surface area contributed by atoms with Crippen LogP contribution in [0.1, 0.15) is 19.4 Å². The molecule has 0 fully saturated rings. The van der Waals surface area contributed by atoms with Crippen molar-refractivity contribution >= 4 is 31.9 Å². The van der Waals surface area contributed by atoms with Crippen LogP contribution in [0.25, 0.3) is 10.9 Å². The van der Waals surface area contributed by atoms with Crippen LogP contribution in [-0.2, 0) is 4.52 Å². The predicted molar refractivity (Wildman–Crippen MR) is 104 cm³/mol. The first-order chi connectivity index (χ1) is 11.7. The van der Waals surface area contributed by atoms with Crippen molar-refractivity contribution < 1.29 is 9.63 Å². The first kappa shape index (κ1) is 19.8. The van der Waals surface area contributed by atoms with Gasteiger partial charge in [-0.05, 0) is 40.2 Å². The van der Waals surface area contributed by atoms with Gasteiger partial charge in [-0.3, -0.25) is 0 Å². The van der Waals surface area contributed by atoms with Crippen LogP contribution in [-0.4, -0.2) is 22.2 Å². The van der Waals surface area contributed by atoms with E-state index in [1.165, 1.54) is 6.33 Å². The lowest BCUT2D eigenvalue weighted by Gasteiger charge is -2.09. The Morgan fingerprint density at radius 1 is 1.08 bits per heavy atom. The summed E-state index contributed by atoms with van der Waals surface area (Å²) >= 11 is 0. The fourth-order valence-corrected chi connectivity index (χ4v) is 1.96. The normalized spacial score (nSPS) is 9.38. The van der Waals surface area contributed by atoms with Crippen LogP contribution in [0.2, 0.25) is 0 Å². The van der Waals surface area contributed by atoms with Crippen molar-refractivity contribution in [3.8, 4) is 5.75 Å². The van der Waals surface area contributed by atoms with Gasteiger partial charge in [0, 0.05) is 24.2 Å². The van der Waals surface area contributed by atoms with Gasteiger partial charge >= 0.3 is 0 Å². The van der Waals surface area contributed by atoms with E-state index in [9.17, 15) is 5.11 Å². The van der Waals surface area contributed by atoms with E-state index in [4.69, 9.17) is 0 Å². The van der Waals surface area contributed by atoms with E-state index in [0.29, 0.717) is 0 Å². The topological polar surface area (TPSA) is 67.3 Å². The highest BCUT2D eigenvalue weighted by Gasteiger charge is 2.07. The third-order valence-corrected chi connectivity index (χ3v) is 2.99. The number of aromatic nitrogens is 2. The number of anilines is 2. The lowest BCUT2D eigenvalue weighted by Crippen LogP contribution is -1.96. The van der Waals surface area contributed by atoms with E-state index in [-0.39, 0.29) is 5.75 Å². The molecule has 2 N–H and O–H groups in total. The smallest absolute Gasteiger partial charge is 0.141 e. The minimum absolute atomic E-state index is 0.247. The largest absolute Gasteiger partial charge is 0.508 e. The van der Waals surface area contributed by atoms with Crippen LogP contribution in [0.3, 0.4) is 0 Å². The summed E-state index contributed by atoms with van der Waals surface area (Å²) in [4.78, 5) is 8.44. The highest BCUT2D eigenvalue weighted by molar-refractivity contribution is 7.09. The monoisotopic (exact) mass is 345 g/mol. The predicted octanol–water partition coefficient (Wildman–Crippen LogP) is 4.84. The van der Waals surface area contributed by atoms with Crippen LogP contribution in [0.4, 0.5) is 11.5 Å². The van der Waals surface area contributed by atoms with Gasteiger partial charge in [0.15, 0.2) is 0 Å². The molecular formula is C18H24N3O2P. The quantitative estimate of drug-likeness (QED) is 0.651. The fraction of sp³-hybridized carbons (Fsp3) is 0.222. The van der Waals surface area contributed by atoms with Crippen molar-refractivity contribution in [3.63, 3.8) is 0 Å². The molecule has 5 nitrogen and oxygen atoms in total. The second kappa shape index (κ2) is 10.5. The second-order valence-corrected chi connectivity index (χ2v) is 5.08. The van der Waals surface area contributed by atoms with Crippen LogP contribution in [0, 0.1) is 6.92 Å². The minimum Gasteiger partial charge on any atom is -0.508 e. The maximum atomic E-state index is 9.72. The van der Waals surface area contributed by atoms with Gasteiger partial charge in [0.25, 0.3) is 0 Å². The lowest BCUT2D eigenvalue weighted by atomic mass is 10.1. The average molecular weight is 345 g/mol. The number of hydrogen-bond acceptors (Lipinski definition) is 5.